The summed E-state index contributed by atoms with van der Waals surface area (Å²) in [7, 11) is 1.64. The number of carbonyl (C=O) groups excluding carboxylic acids is 3. The minimum Gasteiger partial charge on any atom is -0.497 e. The van der Waals surface area contributed by atoms with Gasteiger partial charge in [0.2, 0.25) is 18.1 Å². The van der Waals surface area contributed by atoms with Crippen molar-refractivity contribution in [3.05, 3.63) is 47.0 Å². The van der Waals surface area contributed by atoms with E-state index in [1.807, 2.05) is 43.3 Å². The fourth-order valence-electron chi connectivity index (χ4n) is 4.84. The van der Waals surface area contributed by atoms with E-state index in [0.717, 1.165) is 74.2 Å². The second kappa shape index (κ2) is 20.6. The van der Waals surface area contributed by atoms with Crippen molar-refractivity contribution in [3.63, 3.8) is 0 Å². The summed E-state index contributed by atoms with van der Waals surface area (Å²) >= 11 is 7.82. The summed E-state index contributed by atoms with van der Waals surface area (Å²) in [6, 6.07) is 11.8. The van der Waals surface area contributed by atoms with Crippen LogP contribution in [-0.2, 0) is 38.2 Å². The molecule has 1 heterocycles. The number of rotatable bonds is 17. The molecule has 50 heavy (non-hydrogen) atoms. The first-order chi connectivity index (χ1) is 23.6. The molecule has 1 aliphatic rings. The molecule has 3 atom stereocenters. The summed E-state index contributed by atoms with van der Waals surface area (Å²) in [6.45, 7) is 13.7. The molecule has 0 spiro atoms. The van der Waals surface area contributed by atoms with Gasteiger partial charge in [-0.05, 0) is 63.6 Å². The quantitative estimate of drug-likeness (QED) is 0.163. The molecule has 0 aromatic heterocycles. The van der Waals surface area contributed by atoms with Crippen LogP contribution in [0.4, 0.5) is 5.69 Å². The van der Waals surface area contributed by atoms with Gasteiger partial charge in [0, 0.05) is 62.0 Å². The number of carbonyl (C=O) groups is 5. The van der Waals surface area contributed by atoms with E-state index in [2.05, 4.69) is 28.2 Å². The van der Waals surface area contributed by atoms with Crippen LogP contribution in [0.5, 0.6) is 11.5 Å². The van der Waals surface area contributed by atoms with E-state index in [1.54, 1.807) is 30.7 Å². The predicted molar refractivity (Wildman–Crippen MR) is 186 cm³/mol. The summed E-state index contributed by atoms with van der Waals surface area (Å²) < 4.78 is 25.7. The molecule has 0 fully saturated rings. The van der Waals surface area contributed by atoms with Crippen LogP contribution in [-0.4, -0.2) is 103 Å². The Bertz CT molecular complexity index is 1460. The number of benzene rings is 2. The van der Waals surface area contributed by atoms with Gasteiger partial charge in [0.1, 0.15) is 16.9 Å². The Labute approximate surface area is 300 Å². The standard InChI is InChI=1S/C26H35ClN2O4S.C8H10O8/c1-6-32-15-13-28(18(2)3)12-7-14-33-24-11-9-21(31-5)17-22(24)26-29(19(4)30)23-10-8-20(27)16-25(23)34-26;1-3(9)15-5(7(11)12)6(8(13)14)16-4(2)10/h8-11,16-18,26H,6-7,12-15H2,1-5H3;5-6H,1-2H3,(H,11,12)(H,13,14)/t;5-,6-/m.0/s1. The molecule has 0 radical (unpaired) electrons. The van der Waals surface area contributed by atoms with E-state index in [0.29, 0.717) is 17.7 Å². The van der Waals surface area contributed by atoms with Gasteiger partial charge in [-0.3, -0.25) is 24.2 Å². The van der Waals surface area contributed by atoms with Crippen molar-refractivity contribution in [2.75, 3.05) is 44.9 Å². The van der Waals surface area contributed by atoms with Crippen molar-refractivity contribution in [1.82, 2.24) is 4.90 Å². The first-order valence-electron chi connectivity index (χ1n) is 15.8. The molecule has 16 heteroatoms. The third-order valence-electron chi connectivity index (χ3n) is 7.13. The first-order valence-corrected chi connectivity index (χ1v) is 17.0. The van der Waals surface area contributed by atoms with Crippen molar-refractivity contribution >= 4 is 58.8 Å². The van der Waals surface area contributed by atoms with Crippen molar-refractivity contribution in [3.8, 4) is 11.5 Å². The van der Waals surface area contributed by atoms with Gasteiger partial charge in [0.05, 0.1) is 26.0 Å². The van der Waals surface area contributed by atoms with Crippen LogP contribution in [0.3, 0.4) is 0 Å². The van der Waals surface area contributed by atoms with E-state index in [4.69, 9.17) is 36.0 Å². The van der Waals surface area contributed by atoms with Crippen LogP contribution < -0.4 is 14.4 Å². The number of halogens is 1. The van der Waals surface area contributed by atoms with Crippen molar-refractivity contribution in [1.29, 1.82) is 0 Å². The third-order valence-corrected chi connectivity index (χ3v) is 8.63. The number of hydrogen-bond acceptors (Lipinski definition) is 12. The topological polar surface area (TPSA) is 178 Å². The number of thioether (sulfide) groups is 1. The maximum absolute atomic E-state index is 12.6. The van der Waals surface area contributed by atoms with Crippen molar-refractivity contribution in [2.24, 2.45) is 0 Å². The molecule has 0 saturated heterocycles. The van der Waals surface area contributed by atoms with Gasteiger partial charge in [-0.1, -0.05) is 23.4 Å². The lowest BCUT2D eigenvalue weighted by Crippen LogP contribution is -2.45. The number of aliphatic carboxylic acids is 2. The zero-order chi connectivity index (χ0) is 37.5. The number of esters is 2. The number of methoxy groups -OCH3 is 1. The minimum atomic E-state index is -2.07. The zero-order valence-corrected chi connectivity index (χ0v) is 30.7. The van der Waals surface area contributed by atoms with E-state index >= 15 is 0 Å². The number of nitrogens with zero attached hydrogens (tertiary/aromatic N) is 2. The number of hydrogen-bond donors (Lipinski definition) is 2. The van der Waals surface area contributed by atoms with E-state index in [1.165, 1.54) is 0 Å². The van der Waals surface area contributed by atoms with Gasteiger partial charge in [-0.25, -0.2) is 9.59 Å². The Balaban J connectivity index is 0.000000457. The Kier molecular flexibility index (Phi) is 17.3. The molecule has 1 unspecified atom stereocenters. The Morgan fingerprint density at radius 2 is 1.54 bits per heavy atom. The largest absolute Gasteiger partial charge is 0.497 e. The first kappa shape index (κ1) is 42.1. The number of fused-ring (bicyclic) bond motifs is 1. The van der Waals surface area contributed by atoms with Crippen molar-refractivity contribution < 1.29 is 57.9 Å². The summed E-state index contributed by atoms with van der Waals surface area (Å²) in [4.78, 5) is 60.2. The fraction of sp³-hybridized carbons (Fsp3) is 0.500. The van der Waals surface area contributed by atoms with Gasteiger partial charge in [0.15, 0.2) is 0 Å². The second-order valence-corrected chi connectivity index (χ2v) is 12.7. The Morgan fingerprint density at radius 1 is 0.920 bits per heavy atom. The highest BCUT2D eigenvalue weighted by molar-refractivity contribution is 8.00. The minimum absolute atomic E-state index is 0.0331. The summed E-state index contributed by atoms with van der Waals surface area (Å²) in [5.74, 6) is -3.98. The van der Waals surface area contributed by atoms with Crippen LogP contribution in [0.1, 0.15) is 58.9 Å². The number of ether oxygens (including phenoxy) is 5. The summed E-state index contributed by atoms with van der Waals surface area (Å²) in [5, 5.41) is 17.6. The maximum Gasteiger partial charge on any atom is 0.349 e. The molecule has 0 aliphatic carbocycles. The molecule has 2 aromatic carbocycles. The smallest absolute Gasteiger partial charge is 0.349 e. The lowest BCUT2D eigenvalue weighted by molar-refractivity contribution is -0.185. The molecule has 0 saturated carbocycles. The highest BCUT2D eigenvalue weighted by Crippen LogP contribution is 2.54. The number of amides is 1. The molecule has 0 bridgehead atoms. The molecule has 2 N–H and O–H groups in total. The van der Waals surface area contributed by atoms with Crippen LogP contribution in [0.25, 0.3) is 0 Å². The zero-order valence-electron chi connectivity index (χ0n) is 29.2. The van der Waals surface area contributed by atoms with Gasteiger partial charge >= 0.3 is 23.9 Å². The van der Waals surface area contributed by atoms with Gasteiger partial charge in [0.25, 0.3) is 0 Å². The fourth-order valence-corrected chi connectivity index (χ4v) is 6.48. The molecular formula is C34H45ClN2O12S. The van der Waals surface area contributed by atoms with Gasteiger partial charge in [-0.15, -0.1) is 0 Å². The normalized spacial score (nSPS) is 14.6. The van der Waals surface area contributed by atoms with Crippen LogP contribution >= 0.6 is 23.4 Å². The predicted octanol–water partition coefficient (Wildman–Crippen LogP) is 5.04. The number of carboxylic acid groups (broad SMARTS) is 2. The summed E-state index contributed by atoms with van der Waals surface area (Å²) in [5.41, 5.74) is 1.77. The van der Waals surface area contributed by atoms with Crippen LogP contribution in [0, 0.1) is 0 Å². The number of carboxylic acids is 2. The average molecular weight is 741 g/mol. The average Bonchev–Trinajstić information content (AvgIpc) is 3.42. The van der Waals surface area contributed by atoms with Gasteiger partial charge < -0.3 is 33.9 Å². The van der Waals surface area contributed by atoms with E-state index < -0.39 is 36.1 Å². The highest BCUT2D eigenvalue weighted by atomic mass is 35.5. The Morgan fingerprint density at radius 3 is 2.04 bits per heavy atom. The Hall–Kier alpha value is -4.05. The molecule has 2 aromatic rings. The van der Waals surface area contributed by atoms with Crippen molar-refractivity contribution in [2.45, 2.75) is 76.5 Å². The second-order valence-electron chi connectivity index (χ2n) is 11.1. The van der Waals surface area contributed by atoms with E-state index in [9.17, 15) is 24.0 Å². The van der Waals surface area contributed by atoms with Gasteiger partial charge in [-0.2, -0.15) is 0 Å². The molecule has 14 nitrogen and oxygen atoms in total. The maximum atomic E-state index is 12.6. The molecular weight excluding hydrogens is 696 g/mol. The SMILES string of the molecule is CC(=O)O[C@H](C(=O)O)[C@H](OC(C)=O)C(=O)O.CCOCCN(CCCOc1ccc(OC)cc1C1Sc2cc(Cl)ccc2N1C(C)=O)C(C)C. The lowest BCUT2D eigenvalue weighted by Gasteiger charge is -2.27. The van der Waals surface area contributed by atoms with E-state index in [-0.39, 0.29) is 11.3 Å². The molecule has 1 amide bonds. The summed E-state index contributed by atoms with van der Waals surface area (Å²) in [6.07, 6.45) is -3.25. The third kappa shape index (κ3) is 12.7. The molecule has 276 valence electrons. The monoisotopic (exact) mass is 740 g/mol. The lowest BCUT2D eigenvalue weighted by atomic mass is 10.1. The highest BCUT2D eigenvalue weighted by Gasteiger charge is 2.39. The van der Waals surface area contributed by atoms with Crippen LogP contribution in [0.15, 0.2) is 41.3 Å². The molecule has 3 rings (SSSR count). The van der Waals surface area contributed by atoms with Crippen LogP contribution in [0.2, 0.25) is 5.02 Å². The molecule has 1 aliphatic heterocycles. The number of anilines is 1.